The molecule has 0 amide bonds. The van der Waals surface area contributed by atoms with Gasteiger partial charge in [0.15, 0.2) is 0 Å². The van der Waals surface area contributed by atoms with Gasteiger partial charge in [-0.05, 0) is 33.7 Å². The molecule has 1 saturated heterocycles. The molecule has 1 heterocycles. The van der Waals surface area contributed by atoms with Crippen molar-refractivity contribution in [2.75, 3.05) is 0 Å². The summed E-state index contributed by atoms with van der Waals surface area (Å²) in [6, 6.07) is 0. The summed E-state index contributed by atoms with van der Waals surface area (Å²) in [6.07, 6.45) is 1.03. The number of rotatable bonds is 2. The first-order chi connectivity index (χ1) is 6.24. The summed E-state index contributed by atoms with van der Waals surface area (Å²) >= 11 is 0. The normalized spacial score (nSPS) is 24.4. The van der Waals surface area contributed by atoms with Crippen molar-refractivity contribution in [3.63, 3.8) is 0 Å². The molecule has 0 radical (unpaired) electrons. The van der Waals surface area contributed by atoms with Gasteiger partial charge in [0.25, 0.3) is 0 Å². The van der Waals surface area contributed by atoms with Crippen LogP contribution in [0.3, 0.4) is 0 Å². The summed E-state index contributed by atoms with van der Waals surface area (Å²) in [6.45, 7) is 7.67. The Morgan fingerprint density at radius 2 is 1.64 bits per heavy atom. The molecule has 1 aliphatic heterocycles. The minimum Gasteiger partial charge on any atom is -0.478 e. The highest BCUT2D eigenvalue weighted by molar-refractivity contribution is 6.52. The minimum atomic E-state index is -1.00. The Morgan fingerprint density at radius 3 is 2.00 bits per heavy atom. The van der Waals surface area contributed by atoms with Gasteiger partial charge in [0.1, 0.15) is 0 Å². The van der Waals surface area contributed by atoms with Crippen LogP contribution in [0.2, 0.25) is 0 Å². The number of carbonyl (C=O) groups is 1. The van der Waals surface area contributed by atoms with E-state index < -0.39 is 24.3 Å². The van der Waals surface area contributed by atoms with Gasteiger partial charge in [-0.1, -0.05) is 0 Å². The molecule has 0 spiro atoms. The Hall–Kier alpha value is -0.805. The number of aliphatic carboxylic acids is 1. The molecule has 0 unspecified atom stereocenters. The first kappa shape index (κ1) is 11.3. The van der Waals surface area contributed by atoms with E-state index in [2.05, 4.69) is 0 Å². The van der Waals surface area contributed by atoms with Gasteiger partial charge in [-0.15, -0.1) is 0 Å². The Balaban J connectivity index is 2.69. The maximum absolute atomic E-state index is 10.3. The lowest BCUT2D eigenvalue weighted by atomic mass is 9.90. The fourth-order valence-electron chi connectivity index (χ4n) is 1.13. The molecule has 4 nitrogen and oxygen atoms in total. The zero-order valence-corrected chi connectivity index (χ0v) is 8.90. The van der Waals surface area contributed by atoms with Crippen LogP contribution in [0.1, 0.15) is 27.7 Å². The Morgan fingerprint density at radius 1 is 1.21 bits per heavy atom. The lowest BCUT2D eigenvalue weighted by molar-refractivity contribution is -0.131. The molecule has 78 valence electrons. The summed E-state index contributed by atoms with van der Waals surface area (Å²) < 4.78 is 11.1. The third kappa shape index (κ3) is 2.16. The fraction of sp³-hybridized carbons (Fsp3) is 0.667. The molecule has 1 fully saturated rings. The molecule has 1 aliphatic rings. The minimum absolute atomic E-state index is 0.416. The van der Waals surface area contributed by atoms with Crippen molar-refractivity contribution in [1.29, 1.82) is 0 Å². The molecule has 0 aromatic carbocycles. The number of carboxylic acids is 1. The second-order valence-electron chi connectivity index (χ2n) is 4.32. The van der Waals surface area contributed by atoms with E-state index in [4.69, 9.17) is 14.4 Å². The topological polar surface area (TPSA) is 55.8 Å². The number of hydrogen-bond acceptors (Lipinski definition) is 3. The Kier molecular flexibility index (Phi) is 2.74. The van der Waals surface area contributed by atoms with Crippen molar-refractivity contribution in [2.45, 2.75) is 38.9 Å². The quantitative estimate of drug-likeness (QED) is 0.536. The first-order valence-corrected chi connectivity index (χ1v) is 4.51. The van der Waals surface area contributed by atoms with Gasteiger partial charge >= 0.3 is 13.1 Å². The highest BCUT2D eigenvalue weighted by Crippen LogP contribution is 2.36. The summed E-state index contributed by atoms with van der Waals surface area (Å²) in [5, 5.41) is 8.44. The number of carboxylic acid groups (broad SMARTS) is 1. The molecule has 1 N–H and O–H groups in total. The van der Waals surface area contributed by atoms with Crippen molar-refractivity contribution in [1.82, 2.24) is 0 Å². The smallest absolute Gasteiger partial charge is 0.478 e. The summed E-state index contributed by atoms with van der Waals surface area (Å²) in [5.41, 5.74) is -0.832. The van der Waals surface area contributed by atoms with Crippen LogP contribution in [-0.4, -0.2) is 29.4 Å². The molecular weight excluding hydrogens is 183 g/mol. The molecule has 5 heteroatoms. The van der Waals surface area contributed by atoms with E-state index in [0.29, 0.717) is 0 Å². The standard InChI is InChI=1S/C9H15BO4/c1-8(2)9(3,4)14-10(13-8)6-5-7(11)12/h5-6H,1-4H3,(H,11,12)/b6-5-. The van der Waals surface area contributed by atoms with Gasteiger partial charge in [-0.25, -0.2) is 4.79 Å². The maximum atomic E-state index is 10.3. The van der Waals surface area contributed by atoms with Crippen molar-refractivity contribution in [3.8, 4) is 0 Å². The summed E-state index contributed by atoms with van der Waals surface area (Å²) in [5.74, 6) is 0.401. The Bertz CT molecular complexity index is 254. The molecule has 0 aromatic heterocycles. The van der Waals surface area contributed by atoms with Crippen LogP contribution < -0.4 is 0 Å². The molecule has 0 aliphatic carbocycles. The van der Waals surface area contributed by atoms with Crippen LogP contribution in [0.4, 0.5) is 0 Å². The first-order valence-electron chi connectivity index (χ1n) is 4.51. The van der Waals surface area contributed by atoms with Crippen molar-refractivity contribution in [2.24, 2.45) is 0 Å². The summed E-state index contributed by atoms with van der Waals surface area (Å²) in [7, 11) is -0.573. The summed E-state index contributed by atoms with van der Waals surface area (Å²) in [4.78, 5) is 10.3. The molecule has 1 rings (SSSR count). The van der Waals surface area contributed by atoms with Crippen LogP contribution in [0.15, 0.2) is 12.1 Å². The van der Waals surface area contributed by atoms with E-state index in [1.54, 1.807) is 0 Å². The lowest BCUT2D eigenvalue weighted by Gasteiger charge is -2.32. The van der Waals surface area contributed by atoms with Crippen LogP contribution >= 0.6 is 0 Å². The predicted molar refractivity (Wildman–Crippen MR) is 52.9 cm³/mol. The zero-order chi connectivity index (χ0) is 11.0. The highest BCUT2D eigenvalue weighted by atomic mass is 16.7. The van der Waals surface area contributed by atoms with Gasteiger partial charge in [0.05, 0.1) is 11.2 Å². The van der Waals surface area contributed by atoms with Crippen molar-refractivity contribution < 1.29 is 19.2 Å². The Labute approximate surface area is 84.0 Å². The van der Waals surface area contributed by atoms with Crippen molar-refractivity contribution >= 4 is 13.1 Å². The molecule has 0 atom stereocenters. The average molecular weight is 198 g/mol. The van der Waals surface area contributed by atoms with E-state index >= 15 is 0 Å². The van der Waals surface area contributed by atoms with E-state index in [9.17, 15) is 4.79 Å². The van der Waals surface area contributed by atoms with Gasteiger partial charge in [-0.3, -0.25) is 0 Å². The monoisotopic (exact) mass is 198 g/mol. The molecule has 0 bridgehead atoms. The van der Waals surface area contributed by atoms with Gasteiger partial charge in [0, 0.05) is 6.08 Å². The zero-order valence-electron chi connectivity index (χ0n) is 8.90. The highest BCUT2D eigenvalue weighted by Gasteiger charge is 2.50. The van der Waals surface area contributed by atoms with E-state index in [0.717, 1.165) is 6.08 Å². The van der Waals surface area contributed by atoms with E-state index in [1.807, 2.05) is 27.7 Å². The van der Waals surface area contributed by atoms with E-state index in [1.165, 1.54) is 5.98 Å². The lowest BCUT2D eigenvalue weighted by Crippen LogP contribution is -2.41. The third-order valence-corrected chi connectivity index (χ3v) is 2.67. The predicted octanol–water partition coefficient (Wildman–Crippen LogP) is 1.26. The maximum Gasteiger partial charge on any atom is 0.487 e. The number of hydrogen-bond donors (Lipinski definition) is 1. The van der Waals surface area contributed by atoms with Gasteiger partial charge < -0.3 is 14.4 Å². The average Bonchev–Trinajstić information content (AvgIpc) is 2.17. The van der Waals surface area contributed by atoms with Crippen LogP contribution in [0.25, 0.3) is 0 Å². The van der Waals surface area contributed by atoms with Crippen LogP contribution in [0, 0.1) is 0 Å². The second kappa shape index (κ2) is 3.40. The largest absolute Gasteiger partial charge is 0.487 e. The van der Waals surface area contributed by atoms with Crippen molar-refractivity contribution in [3.05, 3.63) is 12.1 Å². The molecular formula is C9H15BO4. The third-order valence-electron chi connectivity index (χ3n) is 2.67. The molecule has 14 heavy (non-hydrogen) atoms. The fourth-order valence-corrected chi connectivity index (χ4v) is 1.13. The van der Waals surface area contributed by atoms with E-state index in [-0.39, 0.29) is 0 Å². The molecule has 0 aromatic rings. The second-order valence-corrected chi connectivity index (χ2v) is 4.32. The van der Waals surface area contributed by atoms with Gasteiger partial charge in [0.2, 0.25) is 0 Å². The SMILES string of the molecule is CC1(C)OB(/C=C\C(=O)O)OC1(C)C. The van der Waals surface area contributed by atoms with Gasteiger partial charge in [-0.2, -0.15) is 0 Å². The molecule has 0 saturated carbocycles. The van der Waals surface area contributed by atoms with Crippen LogP contribution in [0.5, 0.6) is 0 Å². The van der Waals surface area contributed by atoms with Crippen LogP contribution in [-0.2, 0) is 14.1 Å².